The Morgan fingerprint density at radius 2 is 2.00 bits per heavy atom. The van der Waals surface area contributed by atoms with E-state index in [0.717, 1.165) is 15.8 Å². The van der Waals surface area contributed by atoms with Crippen molar-refractivity contribution < 1.29 is 4.79 Å². The largest absolute Gasteiger partial charge is 0.374 e. The van der Waals surface area contributed by atoms with Gasteiger partial charge in [0, 0.05) is 5.39 Å². The second-order valence-corrected chi connectivity index (χ2v) is 5.26. The van der Waals surface area contributed by atoms with Crippen LogP contribution in [0, 0.1) is 0 Å². The minimum Gasteiger partial charge on any atom is -0.374 e. The molecule has 22 heavy (non-hydrogen) atoms. The van der Waals surface area contributed by atoms with Crippen molar-refractivity contribution in [3.8, 4) is 0 Å². The lowest BCUT2D eigenvalue weighted by Crippen LogP contribution is -2.37. The van der Waals surface area contributed by atoms with Gasteiger partial charge in [0.05, 0.1) is 11.4 Å². The average Bonchev–Trinajstić information content (AvgIpc) is 2.80. The van der Waals surface area contributed by atoms with Crippen molar-refractivity contribution in [1.29, 1.82) is 0 Å². The lowest BCUT2D eigenvalue weighted by molar-refractivity contribution is -0.126. The zero-order valence-electron chi connectivity index (χ0n) is 11.8. The van der Waals surface area contributed by atoms with Crippen LogP contribution in [0.3, 0.4) is 0 Å². The molecule has 110 valence electrons. The second kappa shape index (κ2) is 5.61. The van der Waals surface area contributed by atoms with Crippen molar-refractivity contribution in [1.82, 2.24) is 5.01 Å². The number of hydrogen-bond donors (Lipinski definition) is 1. The number of thiocarbonyl (C=S) groups is 1. The maximum Gasteiger partial charge on any atom is 0.282 e. The van der Waals surface area contributed by atoms with E-state index in [9.17, 15) is 4.79 Å². The van der Waals surface area contributed by atoms with Crippen LogP contribution in [0.1, 0.15) is 6.92 Å². The van der Waals surface area contributed by atoms with Crippen LogP contribution in [0.2, 0.25) is 0 Å². The van der Waals surface area contributed by atoms with Gasteiger partial charge in [-0.1, -0.05) is 36.4 Å². The number of amides is 1. The number of nitrogens with two attached hydrogens (primary N) is 1. The van der Waals surface area contributed by atoms with Gasteiger partial charge in [0.25, 0.3) is 5.91 Å². The molecule has 1 heterocycles. The molecule has 1 aliphatic rings. The van der Waals surface area contributed by atoms with E-state index in [2.05, 4.69) is 15.3 Å². The molecular weight excluding hydrogens is 298 g/mol. The highest BCUT2D eigenvalue weighted by Crippen LogP contribution is 2.26. The van der Waals surface area contributed by atoms with Crippen LogP contribution >= 0.6 is 12.2 Å². The van der Waals surface area contributed by atoms with E-state index in [4.69, 9.17) is 18.0 Å². The van der Waals surface area contributed by atoms with Gasteiger partial charge < -0.3 is 5.73 Å². The fraction of sp³-hybridized carbons (Fsp3) is 0.133. The van der Waals surface area contributed by atoms with E-state index in [1.54, 1.807) is 6.92 Å². The van der Waals surface area contributed by atoms with Gasteiger partial charge >= 0.3 is 0 Å². The third-order valence-corrected chi connectivity index (χ3v) is 3.53. The summed E-state index contributed by atoms with van der Waals surface area (Å²) in [6, 6.07) is 12.8. The monoisotopic (exact) mass is 311 g/mol. The van der Waals surface area contributed by atoms with Gasteiger partial charge in [-0.2, -0.15) is 20.3 Å². The smallest absolute Gasteiger partial charge is 0.282 e. The Balaban J connectivity index is 1.93. The molecule has 2 aromatic carbocycles. The first-order chi connectivity index (χ1) is 10.6. The molecule has 0 aromatic heterocycles. The number of fused-ring (bicyclic) bond motifs is 1. The van der Waals surface area contributed by atoms with Gasteiger partial charge in [0.15, 0.2) is 11.2 Å². The first-order valence-electron chi connectivity index (χ1n) is 6.65. The van der Waals surface area contributed by atoms with Crippen molar-refractivity contribution in [2.45, 2.75) is 13.0 Å². The lowest BCUT2D eigenvalue weighted by atomic mass is 10.1. The normalized spacial score (nSPS) is 18.2. The minimum atomic E-state index is -0.777. The third kappa shape index (κ3) is 2.46. The Hall–Kier alpha value is -2.67. The van der Waals surface area contributed by atoms with Gasteiger partial charge in [-0.3, -0.25) is 4.79 Å². The summed E-state index contributed by atoms with van der Waals surface area (Å²) in [7, 11) is 0. The summed E-state index contributed by atoms with van der Waals surface area (Å²) < 4.78 is 0. The molecule has 1 atom stereocenters. The summed E-state index contributed by atoms with van der Waals surface area (Å²) in [4.78, 5) is 12.1. The summed E-state index contributed by atoms with van der Waals surface area (Å²) in [5.74, 6) is -0.381. The van der Waals surface area contributed by atoms with E-state index in [0.29, 0.717) is 11.4 Å². The predicted octanol–water partition coefficient (Wildman–Crippen LogP) is 2.75. The Kier molecular flexibility index (Phi) is 3.64. The van der Waals surface area contributed by atoms with E-state index >= 15 is 0 Å². The molecule has 0 saturated heterocycles. The SMILES string of the molecule is CC1=NN(C(N)=S)C(=O)[C@H]1N=Nc1cccc2ccccc12. The zero-order chi connectivity index (χ0) is 15.7. The van der Waals surface area contributed by atoms with Crippen LogP contribution in [-0.2, 0) is 4.79 Å². The lowest BCUT2D eigenvalue weighted by Gasteiger charge is -2.08. The number of benzene rings is 2. The van der Waals surface area contributed by atoms with Gasteiger partial charge in [0.2, 0.25) is 0 Å². The maximum absolute atomic E-state index is 12.1. The number of hydrogen-bond acceptors (Lipinski definition) is 5. The summed E-state index contributed by atoms with van der Waals surface area (Å²) in [6.45, 7) is 1.70. The first-order valence-corrected chi connectivity index (χ1v) is 7.06. The number of rotatable bonds is 2. The first kappa shape index (κ1) is 14.3. The van der Waals surface area contributed by atoms with Gasteiger partial charge in [0.1, 0.15) is 0 Å². The van der Waals surface area contributed by atoms with Crippen molar-refractivity contribution in [3.05, 3.63) is 42.5 Å². The van der Waals surface area contributed by atoms with Crippen molar-refractivity contribution >= 4 is 45.4 Å². The molecule has 3 rings (SSSR count). The average molecular weight is 311 g/mol. The Morgan fingerprint density at radius 1 is 1.27 bits per heavy atom. The number of carbonyl (C=O) groups is 1. The van der Waals surface area contributed by atoms with Crippen LogP contribution < -0.4 is 5.73 Å². The number of hydrazone groups is 1. The molecule has 0 saturated carbocycles. The highest BCUT2D eigenvalue weighted by molar-refractivity contribution is 7.80. The van der Waals surface area contributed by atoms with Crippen molar-refractivity contribution in [3.63, 3.8) is 0 Å². The zero-order valence-corrected chi connectivity index (χ0v) is 12.6. The standard InChI is InChI=1S/C15H13N5OS/c1-9-13(14(21)20(19-9)15(16)22)18-17-12-8-4-6-10-5-2-3-7-11(10)12/h2-8,13H,1H3,(H2,16,22)/t13-/m0/s1. The van der Waals surface area contributed by atoms with Crippen LogP contribution in [0.4, 0.5) is 5.69 Å². The molecule has 0 fully saturated rings. The molecule has 0 radical (unpaired) electrons. The molecule has 2 N–H and O–H groups in total. The Morgan fingerprint density at radius 3 is 2.73 bits per heavy atom. The molecule has 1 aliphatic heterocycles. The topological polar surface area (TPSA) is 83.4 Å². The van der Waals surface area contributed by atoms with Gasteiger partial charge in [-0.25, -0.2) is 0 Å². The Bertz CT molecular complexity index is 824. The molecular formula is C15H13N5OS. The molecule has 1 amide bonds. The van der Waals surface area contributed by atoms with Crippen molar-refractivity contribution in [2.75, 3.05) is 0 Å². The molecule has 7 heteroatoms. The summed E-state index contributed by atoms with van der Waals surface area (Å²) in [6.07, 6.45) is 0. The van der Waals surface area contributed by atoms with E-state index in [-0.39, 0.29) is 11.0 Å². The molecule has 0 bridgehead atoms. The Labute approximate surface area is 132 Å². The van der Waals surface area contributed by atoms with Crippen LogP contribution in [0.25, 0.3) is 10.8 Å². The summed E-state index contributed by atoms with van der Waals surface area (Å²) in [5.41, 5.74) is 6.67. The molecule has 2 aromatic rings. The summed E-state index contributed by atoms with van der Waals surface area (Å²) >= 11 is 4.78. The number of nitrogens with zero attached hydrogens (tertiary/aromatic N) is 4. The summed E-state index contributed by atoms with van der Waals surface area (Å²) in [5, 5.41) is 15.3. The van der Waals surface area contributed by atoms with Crippen molar-refractivity contribution in [2.24, 2.45) is 21.1 Å². The van der Waals surface area contributed by atoms with Crippen LogP contribution in [0.5, 0.6) is 0 Å². The predicted molar refractivity (Wildman–Crippen MR) is 89.0 cm³/mol. The number of azo groups is 1. The van der Waals surface area contributed by atoms with Crippen LogP contribution in [0.15, 0.2) is 57.8 Å². The van der Waals surface area contributed by atoms with Crippen LogP contribution in [-0.4, -0.2) is 27.8 Å². The number of carbonyl (C=O) groups excluding carboxylic acids is 1. The molecule has 0 spiro atoms. The second-order valence-electron chi connectivity index (χ2n) is 4.85. The maximum atomic E-state index is 12.1. The minimum absolute atomic E-state index is 0.0905. The fourth-order valence-electron chi connectivity index (χ4n) is 2.26. The van der Waals surface area contributed by atoms with Gasteiger partial charge in [-0.05, 0) is 30.6 Å². The quantitative estimate of drug-likeness (QED) is 0.683. The molecule has 6 nitrogen and oxygen atoms in total. The molecule has 0 unspecified atom stereocenters. The highest BCUT2D eigenvalue weighted by atomic mass is 32.1. The third-order valence-electron chi connectivity index (χ3n) is 3.35. The highest BCUT2D eigenvalue weighted by Gasteiger charge is 2.35. The van der Waals surface area contributed by atoms with Gasteiger partial charge in [-0.15, -0.1) is 0 Å². The van der Waals surface area contributed by atoms with E-state index < -0.39 is 6.04 Å². The fourth-order valence-corrected chi connectivity index (χ4v) is 2.39. The molecule has 0 aliphatic carbocycles. The van der Waals surface area contributed by atoms with E-state index in [1.807, 2.05) is 42.5 Å². The van der Waals surface area contributed by atoms with E-state index in [1.165, 1.54) is 0 Å².